The fourth-order valence-electron chi connectivity index (χ4n) is 4.09. The Morgan fingerprint density at radius 2 is 1.69 bits per heavy atom. The highest BCUT2D eigenvalue weighted by Gasteiger charge is 2.42. The number of carboxylic acid groups (broad SMARTS) is 1. The number of ether oxygens (including phenoxy) is 4. The molecule has 1 saturated carbocycles. The number of alkyl carbamates (subject to hydrolysis) is 1. The number of hydrogen-bond acceptors (Lipinski definition) is 7. The van der Waals surface area contributed by atoms with Crippen molar-refractivity contribution in [2.24, 2.45) is 5.41 Å². The van der Waals surface area contributed by atoms with Crippen molar-refractivity contribution in [2.45, 2.75) is 63.9 Å². The van der Waals surface area contributed by atoms with Gasteiger partial charge in [0.15, 0.2) is 0 Å². The Morgan fingerprint density at radius 1 is 1.06 bits per heavy atom. The minimum Gasteiger partial charge on any atom is -0.481 e. The van der Waals surface area contributed by atoms with E-state index in [0.717, 1.165) is 37.7 Å². The Bertz CT molecular complexity index is 757. The fourth-order valence-corrected chi connectivity index (χ4v) is 4.09. The van der Waals surface area contributed by atoms with Gasteiger partial charge in [-0.05, 0) is 23.8 Å². The first kappa shape index (κ1) is 25.6. The molecule has 32 heavy (non-hydrogen) atoms. The minimum atomic E-state index is -1.69. The molecule has 2 rings (SSSR count). The number of aliphatic carboxylic acids is 1. The lowest BCUT2D eigenvalue weighted by Gasteiger charge is -2.36. The van der Waals surface area contributed by atoms with Crippen LogP contribution in [0, 0.1) is 5.41 Å². The van der Waals surface area contributed by atoms with Gasteiger partial charge in [0.2, 0.25) is 6.29 Å². The van der Waals surface area contributed by atoms with E-state index in [2.05, 4.69) is 5.32 Å². The van der Waals surface area contributed by atoms with Crippen LogP contribution >= 0.6 is 0 Å². The van der Waals surface area contributed by atoms with Crippen molar-refractivity contribution < 1.29 is 38.4 Å². The van der Waals surface area contributed by atoms with E-state index < -0.39 is 35.5 Å². The number of carbonyl (C=O) groups excluding carboxylic acids is 2. The molecule has 1 aromatic carbocycles. The number of methoxy groups -OCH3 is 2. The van der Waals surface area contributed by atoms with Gasteiger partial charge in [-0.15, -0.1) is 0 Å². The summed E-state index contributed by atoms with van der Waals surface area (Å²) in [6.07, 6.45) is 2.47. The molecule has 0 radical (unpaired) electrons. The van der Waals surface area contributed by atoms with Gasteiger partial charge in [-0.2, -0.15) is 0 Å². The normalized spacial score (nSPS) is 16.6. The topological polar surface area (TPSA) is 120 Å². The van der Waals surface area contributed by atoms with E-state index >= 15 is 0 Å². The highest BCUT2D eigenvalue weighted by Crippen LogP contribution is 2.38. The van der Waals surface area contributed by atoms with Gasteiger partial charge in [0, 0.05) is 34.1 Å². The summed E-state index contributed by atoms with van der Waals surface area (Å²) >= 11 is 0. The van der Waals surface area contributed by atoms with Crippen LogP contribution in [0.15, 0.2) is 30.3 Å². The van der Waals surface area contributed by atoms with Crippen molar-refractivity contribution in [1.29, 1.82) is 0 Å². The van der Waals surface area contributed by atoms with Gasteiger partial charge < -0.3 is 29.4 Å². The summed E-state index contributed by atoms with van der Waals surface area (Å²) in [4.78, 5) is 36.3. The number of carboxylic acids is 1. The zero-order valence-corrected chi connectivity index (χ0v) is 18.9. The maximum atomic E-state index is 12.8. The first-order chi connectivity index (χ1) is 15.2. The van der Waals surface area contributed by atoms with Crippen LogP contribution < -0.4 is 5.32 Å². The van der Waals surface area contributed by atoms with Crippen molar-refractivity contribution in [1.82, 2.24) is 5.32 Å². The molecule has 178 valence electrons. The lowest BCUT2D eigenvalue weighted by atomic mass is 9.72. The van der Waals surface area contributed by atoms with Crippen molar-refractivity contribution in [3.63, 3.8) is 0 Å². The van der Waals surface area contributed by atoms with Crippen LogP contribution in [0.1, 0.15) is 51.0 Å². The molecule has 9 nitrogen and oxygen atoms in total. The number of nitrogens with one attached hydrogen (secondary N) is 1. The molecule has 0 saturated heterocycles. The lowest BCUT2D eigenvalue weighted by molar-refractivity contribution is -0.242. The van der Waals surface area contributed by atoms with Crippen LogP contribution in [-0.2, 0) is 35.0 Å². The number of hydrogen-bond donors (Lipinski definition) is 2. The molecule has 0 spiro atoms. The Kier molecular flexibility index (Phi) is 9.46. The average Bonchev–Trinajstić information content (AvgIpc) is 2.77. The van der Waals surface area contributed by atoms with E-state index in [0.29, 0.717) is 0 Å². The summed E-state index contributed by atoms with van der Waals surface area (Å²) in [5.74, 6) is -3.41. The molecule has 1 unspecified atom stereocenters. The van der Waals surface area contributed by atoms with Crippen LogP contribution in [-0.4, -0.2) is 56.0 Å². The van der Waals surface area contributed by atoms with E-state index in [1.807, 2.05) is 30.3 Å². The summed E-state index contributed by atoms with van der Waals surface area (Å²) in [6.45, 7) is 1.59. The maximum Gasteiger partial charge on any atom is 0.410 e. The molecule has 1 aromatic rings. The summed E-state index contributed by atoms with van der Waals surface area (Å²) in [7, 11) is 2.66. The second-order valence-corrected chi connectivity index (χ2v) is 8.19. The van der Waals surface area contributed by atoms with Crippen molar-refractivity contribution in [2.75, 3.05) is 20.8 Å². The van der Waals surface area contributed by atoms with Gasteiger partial charge in [-0.3, -0.25) is 4.79 Å². The SMILES string of the molecule is COC(Cc1ccccc1)(OC)C(=O)OC(C)OC(=O)NCC1(CC(=O)O)CCCCC1. The largest absolute Gasteiger partial charge is 0.481 e. The molecule has 0 aromatic heterocycles. The van der Waals surface area contributed by atoms with Crippen LogP contribution in [0.2, 0.25) is 0 Å². The molecule has 0 aliphatic heterocycles. The standard InChI is InChI=1S/C23H33NO8/c1-17(31-20(27)23(29-2,30-3)14-18-10-6-4-7-11-18)32-21(28)24-16-22(15-19(25)26)12-8-5-9-13-22/h4,6-7,10-11,17H,5,8-9,12-16H2,1-3H3,(H,24,28)(H,25,26). The molecule has 0 heterocycles. The van der Waals surface area contributed by atoms with Crippen LogP contribution in [0.4, 0.5) is 4.79 Å². The molecular formula is C23H33NO8. The van der Waals surface area contributed by atoms with E-state index in [1.54, 1.807) is 0 Å². The van der Waals surface area contributed by atoms with Gasteiger partial charge >= 0.3 is 18.0 Å². The highest BCUT2D eigenvalue weighted by atomic mass is 16.8. The number of esters is 1. The summed E-state index contributed by atoms with van der Waals surface area (Å²) in [5, 5.41) is 11.9. The predicted molar refractivity (Wildman–Crippen MR) is 115 cm³/mol. The minimum absolute atomic E-state index is 0.0124. The average molecular weight is 452 g/mol. The molecule has 9 heteroatoms. The van der Waals surface area contributed by atoms with Crippen LogP contribution in [0.5, 0.6) is 0 Å². The third kappa shape index (κ3) is 7.20. The number of carbonyl (C=O) groups is 3. The molecule has 1 amide bonds. The Labute approximate surface area is 188 Å². The molecule has 1 fully saturated rings. The van der Waals surface area contributed by atoms with Gasteiger partial charge in [0.05, 0.1) is 6.42 Å². The van der Waals surface area contributed by atoms with Crippen molar-refractivity contribution >= 4 is 18.0 Å². The Hall–Kier alpha value is -2.65. The van der Waals surface area contributed by atoms with Gasteiger partial charge in [-0.1, -0.05) is 49.6 Å². The molecule has 1 aliphatic rings. The molecule has 1 atom stereocenters. The molecule has 1 aliphatic carbocycles. The monoisotopic (exact) mass is 451 g/mol. The molecule has 2 N–H and O–H groups in total. The van der Waals surface area contributed by atoms with Gasteiger partial charge in [-0.25, -0.2) is 9.59 Å². The summed E-state index contributed by atoms with van der Waals surface area (Å²) < 4.78 is 21.1. The molecular weight excluding hydrogens is 418 g/mol. The first-order valence-electron chi connectivity index (χ1n) is 10.8. The Balaban J connectivity index is 1.91. The number of amides is 1. The summed E-state index contributed by atoms with van der Waals surface area (Å²) in [5.41, 5.74) is 0.315. The number of rotatable bonds is 11. The highest BCUT2D eigenvalue weighted by molar-refractivity contribution is 5.78. The van der Waals surface area contributed by atoms with Crippen molar-refractivity contribution in [3.05, 3.63) is 35.9 Å². The smallest absolute Gasteiger partial charge is 0.410 e. The zero-order valence-electron chi connectivity index (χ0n) is 18.9. The van der Waals surface area contributed by atoms with Gasteiger partial charge in [0.25, 0.3) is 5.79 Å². The third-order valence-electron chi connectivity index (χ3n) is 5.84. The quantitative estimate of drug-likeness (QED) is 0.389. The Morgan fingerprint density at radius 3 is 2.25 bits per heavy atom. The van der Waals surface area contributed by atoms with E-state index in [9.17, 15) is 19.5 Å². The predicted octanol–water partition coefficient (Wildman–Crippen LogP) is 3.26. The number of benzene rings is 1. The van der Waals surface area contributed by atoms with E-state index in [-0.39, 0.29) is 19.4 Å². The van der Waals surface area contributed by atoms with Crippen LogP contribution in [0.3, 0.4) is 0 Å². The lowest BCUT2D eigenvalue weighted by Crippen LogP contribution is -2.48. The second kappa shape index (κ2) is 11.8. The van der Waals surface area contributed by atoms with E-state index in [1.165, 1.54) is 21.1 Å². The summed E-state index contributed by atoms with van der Waals surface area (Å²) in [6, 6.07) is 9.16. The van der Waals surface area contributed by atoms with Gasteiger partial charge in [0.1, 0.15) is 0 Å². The second-order valence-electron chi connectivity index (χ2n) is 8.19. The van der Waals surface area contributed by atoms with E-state index in [4.69, 9.17) is 18.9 Å². The first-order valence-corrected chi connectivity index (χ1v) is 10.8. The maximum absolute atomic E-state index is 12.8. The van der Waals surface area contributed by atoms with Crippen LogP contribution in [0.25, 0.3) is 0 Å². The molecule has 0 bridgehead atoms. The fraction of sp³-hybridized carbons (Fsp3) is 0.609. The zero-order chi connectivity index (χ0) is 23.6. The third-order valence-corrected chi connectivity index (χ3v) is 5.84. The van der Waals surface area contributed by atoms with Crippen molar-refractivity contribution in [3.8, 4) is 0 Å².